The highest BCUT2D eigenvalue weighted by atomic mass is 16.3. The van der Waals surface area contributed by atoms with Gasteiger partial charge in [0.2, 0.25) is 0 Å². The molecule has 4 heteroatoms. The summed E-state index contributed by atoms with van der Waals surface area (Å²) in [6.07, 6.45) is 1.68. The van der Waals surface area contributed by atoms with Gasteiger partial charge in [0.25, 0.3) is 0 Å². The van der Waals surface area contributed by atoms with Crippen LogP contribution in [0.2, 0.25) is 0 Å². The fourth-order valence-electron chi connectivity index (χ4n) is 4.15. The third kappa shape index (κ3) is 7.64. The normalized spacial score (nSPS) is 10.5. The number of benzene rings is 5. The van der Waals surface area contributed by atoms with E-state index in [-0.39, 0.29) is 28.9 Å². The minimum absolute atomic E-state index is 0.184. The predicted octanol–water partition coefficient (Wildman–Crippen LogP) is 7.16. The van der Waals surface area contributed by atoms with Gasteiger partial charge >= 0.3 is 0 Å². The van der Waals surface area contributed by atoms with Gasteiger partial charge in [0.1, 0.15) is 23.0 Å². The molecule has 0 heterocycles. The van der Waals surface area contributed by atoms with Crippen LogP contribution < -0.4 is 0 Å². The van der Waals surface area contributed by atoms with E-state index in [1.54, 1.807) is 48.5 Å². The van der Waals surface area contributed by atoms with Crippen LogP contribution in [0.25, 0.3) is 0 Å². The number of phenols is 4. The maximum absolute atomic E-state index is 9.50. The van der Waals surface area contributed by atoms with E-state index in [0.29, 0.717) is 0 Å². The van der Waals surface area contributed by atoms with Gasteiger partial charge in [0.05, 0.1) is 0 Å². The van der Waals surface area contributed by atoms with E-state index in [4.69, 9.17) is 10.2 Å². The molecule has 0 fully saturated rings. The SMILES string of the molecule is Oc1ccc(C(Cc2ccccc2)c2ccc(O)cc2)cc1.Oc1ccc(Cc2ccc(O)cc2)cc1. The molecule has 0 aliphatic heterocycles. The van der Waals surface area contributed by atoms with Crippen molar-refractivity contribution in [1.29, 1.82) is 0 Å². The van der Waals surface area contributed by atoms with Gasteiger partial charge in [0.15, 0.2) is 0 Å². The number of phenolic OH excluding ortho intramolecular Hbond substituents is 4. The second-order valence-electron chi connectivity index (χ2n) is 8.94. The molecule has 0 saturated heterocycles. The van der Waals surface area contributed by atoms with Crippen LogP contribution in [0.3, 0.4) is 0 Å². The second-order valence-corrected chi connectivity index (χ2v) is 8.94. The Hall–Kier alpha value is -4.70. The molecule has 0 unspecified atom stereocenters. The van der Waals surface area contributed by atoms with Crippen molar-refractivity contribution in [2.24, 2.45) is 0 Å². The first kappa shape index (κ1) is 25.4. The van der Waals surface area contributed by atoms with Gasteiger partial charge < -0.3 is 20.4 Å². The fraction of sp³-hybridized carbons (Fsp3) is 0.0909. The molecule has 0 atom stereocenters. The monoisotopic (exact) mass is 490 g/mol. The average Bonchev–Trinajstić information content (AvgIpc) is 2.92. The smallest absolute Gasteiger partial charge is 0.115 e. The highest BCUT2D eigenvalue weighted by Gasteiger charge is 2.15. The topological polar surface area (TPSA) is 80.9 Å². The second kappa shape index (κ2) is 12.3. The molecule has 5 aromatic rings. The number of aromatic hydroxyl groups is 4. The van der Waals surface area contributed by atoms with Crippen molar-refractivity contribution in [2.75, 3.05) is 0 Å². The Balaban J connectivity index is 0.000000186. The highest BCUT2D eigenvalue weighted by Crippen LogP contribution is 2.30. The van der Waals surface area contributed by atoms with Crippen LogP contribution >= 0.6 is 0 Å². The van der Waals surface area contributed by atoms with Crippen LogP contribution in [0.5, 0.6) is 23.0 Å². The molecule has 37 heavy (non-hydrogen) atoms. The Bertz CT molecular complexity index is 1270. The lowest BCUT2D eigenvalue weighted by Crippen LogP contribution is -2.05. The maximum atomic E-state index is 9.50. The van der Waals surface area contributed by atoms with Crippen molar-refractivity contribution >= 4 is 0 Å². The van der Waals surface area contributed by atoms with Gasteiger partial charge in [-0.2, -0.15) is 0 Å². The minimum atomic E-state index is 0.184. The van der Waals surface area contributed by atoms with E-state index in [1.807, 2.05) is 66.7 Å². The summed E-state index contributed by atoms with van der Waals surface area (Å²) in [6, 6.07) is 39.3. The molecule has 0 spiro atoms. The molecule has 5 aromatic carbocycles. The van der Waals surface area contributed by atoms with Gasteiger partial charge in [-0.05, 0) is 89.2 Å². The van der Waals surface area contributed by atoms with E-state index in [0.717, 1.165) is 35.1 Å². The van der Waals surface area contributed by atoms with Gasteiger partial charge in [-0.25, -0.2) is 0 Å². The van der Waals surface area contributed by atoms with Gasteiger partial charge in [-0.1, -0.05) is 78.9 Å². The van der Waals surface area contributed by atoms with Crippen molar-refractivity contribution in [3.05, 3.63) is 155 Å². The van der Waals surface area contributed by atoms with E-state index < -0.39 is 0 Å². The lowest BCUT2D eigenvalue weighted by molar-refractivity contribution is 0.474. The summed E-state index contributed by atoms with van der Waals surface area (Å²) in [5, 5.41) is 37.3. The Morgan fingerprint density at radius 2 is 0.730 bits per heavy atom. The van der Waals surface area contributed by atoms with Crippen molar-refractivity contribution in [3.63, 3.8) is 0 Å². The molecular formula is C33H30O4. The summed E-state index contributed by atoms with van der Waals surface area (Å²) in [6.45, 7) is 0. The first-order chi connectivity index (χ1) is 18.0. The van der Waals surface area contributed by atoms with Crippen molar-refractivity contribution in [2.45, 2.75) is 18.8 Å². The first-order valence-electron chi connectivity index (χ1n) is 12.1. The average molecular weight is 491 g/mol. The van der Waals surface area contributed by atoms with Crippen molar-refractivity contribution in [3.8, 4) is 23.0 Å². The highest BCUT2D eigenvalue weighted by molar-refractivity contribution is 5.39. The van der Waals surface area contributed by atoms with E-state index in [2.05, 4.69) is 12.1 Å². The Labute approximate surface area is 217 Å². The van der Waals surface area contributed by atoms with Gasteiger partial charge in [-0.15, -0.1) is 0 Å². The van der Waals surface area contributed by atoms with Crippen LogP contribution in [-0.4, -0.2) is 20.4 Å². The van der Waals surface area contributed by atoms with E-state index in [1.165, 1.54) is 5.56 Å². The molecule has 0 saturated carbocycles. The summed E-state index contributed by atoms with van der Waals surface area (Å²) < 4.78 is 0. The summed E-state index contributed by atoms with van der Waals surface area (Å²) >= 11 is 0. The van der Waals surface area contributed by atoms with E-state index >= 15 is 0 Å². The molecule has 4 nitrogen and oxygen atoms in total. The molecule has 186 valence electrons. The van der Waals surface area contributed by atoms with E-state index in [9.17, 15) is 10.2 Å². The number of rotatable bonds is 6. The Morgan fingerprint density at radius 1 is 0.378 bits per heavy atom. The molecular weight excluding hydrogens is 460 g/mol. The standard InChI is InChI=1S/C20H18O2.C13H12O2/c21-18-10-6-16(7-11-18)20(14-15-4-2-1-3-5-15)17-8-12-19(22)13-9-17;14-12-5-1-10(2-6-12)9-11-3-7-13(15)8-4-11/h1-13,20-22H,14H2;1-8,14-15H,9H2. The molecule has 5 rings (SSSR count). The zero-order valence-corrected chi connectivity index (χ0v) is 20.4. The van der Waals surface area contributed by atoms with Gasteiger partial charge in [0, 0.05) is 5.92 Å². The summed E-state index contributed by atoms with van der Waals surface area (Å²) in [4.78, 5) is 0. The van der Waals surface area contributed by atoms with Crippen LogP contribution in [0.4, 0.5) is 0 Å². The minimum Gasteiger partial charge on any atom is -0.508 e. The molecule has 0 aliphatic rings. The molecule has 0 aliphatic carbocycles. The van der Waals surface area contributed by atoms with Gasteiger partial charge in [-0.3, -0.25) is 0 Å². The lowest BCUT2D eigenvalue weighted by atomic mass is 9.86. The molecule has 0 bridgehead atoms. The summed E-state index contributed by atoms with van der Waals surface area (Å²) in [7, 11) is 0. The Morgan fingerprint density at radius 3 is 1.11 bits per heavy atom. The largest absolute Gasteiger partial charge is 0.508 e. The van der Waals surface area contributed by atoms with Crippen molar-refractivity contribution < 1.29 is 20.4 Å². The predicted molar refractivity (Wildman–Crippen MR) is 147 cm³/mol. The Kier molecular flexibility index (Phi) is 8.45. The first-order valence-corrected chi connectivity index (χ1v) is 12.1. The molecule has 0 amide bonds. The lowest BCUT2D eigenvalue weighted by Gasteiger charge is -2.18. The summed E-state index contributed by atoms with van der Waals surface area (Å²) in [5.74, 6) is 1.29. The molecule has 0 aromatic heterocycles. The number of hydrogen-bond acceptors (Lipinski definition) is 4. The van der Waals surface area contributed by atoms with Crippen LogP contribution in [-0.2, 0) is 12.8 Å². The zero-order chi connectivity index (χ0) is 26.0. The third-order valence-corrected chi connectivity index (χ3v) is 6.15. The van der Waals surface area contributed by atoms with Crippen LogP contribution in [0.1, 0.15) is 33.7 Å². The van der Waals surface area contributed by atoms with Crippen molar-refractivity contribution in [1.82, 2.24) is 0 Å². The third-order valence-electron chi connectivity index (χ3n) is 6.15. The fourth-order valence-corrected chi connectivity index (χ4v) is 4.15. The summed E-state index contributed by atoms with van der Waals surface area (Å²) in [5.41, 5.74) is 5.82. The number of hydrogen-bond donors (Lipinski definition) is 4. The maximum Gasteiger partial charge on any atom is 0.115 e. The molecule has 4 N–H and O–H groups in total. The van der Waals surface area contributed by atoms with Crippen LogP contribution in [0, 0.1) is 0 Å². The zero-order valence-electron chi connectivity index (χ0n) is 20.4. The quantitative estimate of drug-likeness (QED) is 0.204. The molecule has 0 radical (unpaired) electrons. The van der Waals surface area contributed by atoms with Crippen LogP contribution in [0.15, 0.2) is 127 Å².